The minimum absolute atomic E-state index is 0.0849. The number of para-hydroxylation sites is 1. The summed E-state index contributed by atoms with van der Waals surface area (Å²) in [5.74, 6) is -3.38. The van der Waals surface area contributed by atoms with Crippen molar-refractivity contribution >= 4 is 28.7 Å². The molecule has 0 radical (unpaired) electrons. The van der Waals surface area contributed by atoms with Crippen molar-refractivity contribution in [3.63, 3.8) is 0 Å². The number of hydrogen-bond donors (Lipinski definition) is 3. The Bertz CT molecular complexity index is 796. The summed E-state index contributed by atoms with van der Waals surface area (Å²) in [6.07, 6.45) is 2.14. The molecule has 0 spiro atoms. The number of nitrogens with one attached hydrogen (secondary N) is 2. The fourth-order valence-corrected chi connectivity index (χ4v) is 2.92. The molecule has 0 aliphatic rings. The highest BCUT2D eigenvalue weighted by Crippen LogP contribution is 2.20. The summed E-state index contributed by atoms with van der Waals surface area (Å²) in [6.45, 7) is 3.76. The van der Waals surface area contributed by atoms with Crippen molar-refractivity contribution in [3.8, 4) is 0 Å². The first kappa shape index (κ1) is 19.5. The quantitative estimate of drug-likeness (QED) is 0.493. The number of rotatable bonds is 8. The predicted octanol–water partition coefficient (Wildman–Crippen LogP) is 2.12. The van der Waals surface area contributed by atoms with Crippen molar-refractivity contribution in [2.45, 2.75) is 32.7 Å². The molecule has 0 aliphatic carbocycles. The second-order valence-corrected chi connectivity index (χ2v) is 6.67. The summed E-state index contributed by atoms with van der Waals surface area (Å²) in [7, 11) is 1.21. The van der Waals surface area contributed by atoms with Crippen LogP contribution in [0, 0.1) is 11.8 Å². The molecular formula is C19H24N2O5. The molecule has 0 saturated carbocycles. The monoisotopic (exact) mass is 360 g/mol. The number of carboxylic acids is 1. The third kappa shape index (κ3) is 4.62. The number of hydrogen-bond acceptors (Lipinski definition) is 4. The van der Waals surface area contributed by atoms with Crippen LogP contribution in [-0.4, -0.2) is 41.1 Å². The molecule has 2 atom stereocenters. The van der Waals surface area contributed by atoms with Crippen molar-refractivity contribution in [2.24, 2.45) is 11.8 Å². The van der Waals surface area contributed by atoms with E-state index < -0.39 is 29.8 Å². The Hall–Kier alpha value is -2.83. The van der Waals surface area contributed by atoms with Crippen LogP contribution >= 0.6 is 0 Å². The van der Waals surface area contributed by atoms with Gasteiger partial charge in [0.05, 0.1) is 7.11 Å². The van der Waals surface area contributed by atoms with Gasteiger partial charge in [0.2, 0.25) is 5.91 Å². The van der Waals surface area contributed by atoms with Gasteiger partial charge in [-0.1, -0.05) is 32.0 Å². The topological polar surface area (TPSA) is 108 Å². The number of fused-ring (bicyclic) bond motifs is 1. The molecule has 0 fully saturated rings. The molecule has 0 bridgehead atoms. The van der Waals surface area contributed by atoms with E-state index in [0.29, 0.717) is 0 Å². The third-order valence-corrected chi connectivity index (χ3v) is 4.22. The number of carbonyl (C=O) groups excluding carboxylic acids is 2. The number of benzene rings is 1. The molecule has 0 aliphatic heterocycles. The van der Waals surface area contributed by atoms with Gasteiger partial charge >= 0.3 is 11.9 Å². The minimum atomic E-state index is -1.16. The summed E-state index contributed by atoms with van der Waals surface area (Å²) in [5, 5.41) is 12.9. The Kier molecular flexibility index (Phi) is 6.38. The van der Waals surface area contributed by atoms with E-state index in [9.17, 15) is 19.5 Å². The lowest BCUT2D eigenvalue weighted by molar-refractivity contribution is -0.152. The van der Waals surface area contributed by atoms with Gasteiger partial charge < -0.3 is 20.1 Å². The lowest BCUT2D eigenvalue weighted by atomic mass is 9.95. The van der Waals surface area contributed by atoms with E-state index in [1.807, 2.05) is 38.1 Å². The van der Waals surface area contributed by atoms with Crippen LogP contribution in [0.4, 0.5) is 0 Å². The van der Waals surface area contributed by atoms with Gasteiger partial charge in [0, 0.05) is 23.5 Å². The Morgan fingerprint density at radius 1 is 1.23 bits per heavy atom. The van der Waals surface area contributed by atoms with Gasteiger partial charge in [-0.3, -0.25) is 9.59 Å². The number of aromatic nitrogens is 1. The van der Waals surface area contributed by atoms with Crippen LogP contribution < -0.4 is 5.32 Å². The molecule has 1 unspecified atom stereocenters. The van der Waals surface area contributed by atoms with E-state index in [-0.39, 0.29) is 18.8 Å². The molecular weight excluding hydrogens is 336 g/mol. The molecule has 140 valence electrons. The maximum absolute atomic E-state index is 12.5. The zero-order chi connectivity index (χ0) is 19.3. The molecule has 7 heteroatoms. The number of ether oxygens (including phenoxy) is 1. The number of carbonyl (C=O) groups is 3. The number of carboxylic acid groups (broad SMARTS) is 1. The Morgan fingerprint density at radius 3 is 2.54 bits per heavy atom. The largest absolute Gasteiger partial charge is 0.480 e. The van der Waals surface area contributed by atoms with Gasteiger partial charge in [0.25, 0.3) is 0 Å². The Labute approximate surface area is 151 Å². The molecule has 0 saturated heterocycles. The molecule has 2 aromatic rings. The summed E-state index contributed by atoms with van der Waals surface area (Å²) in [6, 6.07) is 6.39. The predicted molar refractivity (Wildman–Crippen MR) is 96.5 cm³/mol. The van der Waals surface area contributed by atoms with E-state index in [1.54, 1.807) is 6.20 Å². The summed E-state index contributed by atoms with van der Waals surface area (Å²) < 4.78 is 4.69. The zero-order valence-corrected chi connectivity index (χ0v) is 15.1. The fraction of sp³-hybridized carbons (Fsp3) is 0.421. The van der Waals surface area contributed by atoms with Crippen molar-refractivity contribution in [3.05, 3.63) is 36.0 Å². The summed E-state index contributed by atoms with van der Waals surface area (Å²) in [5.41, 5.74) is 1.68. The number of H-pyrrole nitrogens is 1. The van der Waals surface area contributed by atoms with E-state index >= 15 is 0 Å². The molecule has 7 nitrogen and oxygen atoms in total. The third-order valence-electron chi connectivity index (χ3n) is 4.22. The fourth-order valence-electron chi connectivity index (χ4n) is 2.92. The minimum Gasteiger partial charge on any atom is -0.480 e. The van der Waals surface area contributed by atoms with E-state index in [1.165, 1.54) is 7.11 Å². The molecule has 1 aromatic heterocycles. The van der Waals surface area contributed by atoms with Gasteiger partial charge in [0.15, 0.2) is 0 Å². The number of esters is 1. The SMILES string of the molecule is COC(=O)C(CC(C)C)C(=O)N[C@@H](Cc1c[nH]c2ccccc12)C(=O)O. The summed E-state index contributed by atoms with van der Waals surface area (Å²) in [4.78, 5) is 39.1. The molecule has 1 amide bonds. The van der Waals surface area contributed by atoms with Gasteiger partial charge in [-0.25, -0.2) is 4.79 Å². The number of aliphatic carboxylic acids is 1. The molecule has 2 rings (SSSR count). The van der Waals surface area contributed by atoms with Crippen molar-refractivity contribution in [2.75, 3.05) is 7.11 Å². The highest BCUT2D eigenvalue weighted by atomic mass is 16.5. The number of aromatic amines is 1. The number of methoxy groups -OCH3 is 1. The smallest absolute Gasteiger partial charge is 0.326 e. The van der Waals surface area contributed by atoms with Crippen molar-refractivity contribution < 1.29 is 24.2 Å². The van der Waals surface area contributed by atoms with Crippen molar-refractivity contribution in [1.29, 1.82) is 0 Å². The highest BCUT2D eigenvalue weighted by Gasteiger charge is 2.32. The van der Waals surface area contributed by atoms with Crippen LogP contribution in [0.15, 0.2) is 30.5 Å². The van der Waals surface area contributed by atoms with Gasteiger partial charge in [0.1, 0.15) is 12.0 Å². The average molecular weight is 360 g/mol. The Balaban J connectivity index is 2.17. The number of amides is 1. The van der Waals surface area contributed by atoms with Crippen LogP contribution in [0.1, 0.15) is 25.8 Å². The lowest BCUT2D eigenvalue weighted by Crippen LogP contribution is -2.47. The maximum Gasteiger partial charge on any atom is 0.326 e. The maximum atomic E-state index is 12.5. The second kappa shape index (κ2) is 8.51. The van der Waals surface area contributed by atoms with Crippen LogP contribution in [0.3, 0.4) is 0 Å². The van der Waals surface area contributed by atoms with Gasteiger partial charge in [-0.2, -0.15) is 0 Å². The van der Waals surface area contributed by atoms with Crippen LogP contribution in [0.2, 0.25) is 0 Å². The standard InChI is InChI=1S/C19H24N2O5/c1-11(2)8-14(19(25)26-3)17(22)21-16(18(23)24)9-12-10-20-15-7-5-4-6-13(12)15/h4-7,10-11,14,16,20H,8-9H2,1-3H3,(H,21,22)(H,23,24)/t14?,16-/m0/s1. The van der Waals surface area contributed by atoms with E-state index in [2.05, 4.69) is 15.0 Å². The summed E-state index contributed by atoms with van der Waals surface area (Å²) >= 11 is 0. The highest BCUT2D eigenvalue weighted by molar-refractivity contribution is 5.99. The molecule has 1 heterocycles. The molecule has 3 N–H and O–H groups in total. The van der Waals surface area contributed by atoms with Crippen molar-refractivity contribution in [1.82, 2.24) is 10.3 Å². The van der Waals surface area contributed by atoms with Crippen LogP contribution in [0.25, 0.3) is 10.9 Å². The van der Waals surface area contributed by atoms with E-state index in [0.717, 1.165) is 16.5 Å². The first-order valence-corrected chi connectivity index (χ1v) is 8.49. The average Bonchev–Trinajstić information content (AvgIpc) is 3.01. The van der Waals surface area contributed by atoms with Crippen LogP contribution in [-0.2, 0) is 25.5 Å². The lowest BCUT2D eigenvalue weighted by Gasteiger charge is -2.20. The van der Waals surface area contributed by atoms with E-state index in [4.69, 9.17) is 0 Å². The Morgan fingerprint density at radius 2 is 1.92 bits per heavy atom. The molecule has 26 heavy (non-hydrogen) atoms. The second-order valence-electron chi connectivity index (χ2n) is 6.67. The van der Waals surface area contributed by atoms with Crippen LogP contribution in [0.5, 0.6) is 0 Å². The first-order chi connectivity index (χ1) is 12.3. The van der Waals surface area contributed by atoms with Gasteiger partial charge in [-0.05, 0) is 24.0 Å². The molecule has 1 aromatic carbocycles. The van der Waals surface area contributed by atoms with Gasteiger partial charge in [-0.15, -0.1) is 0 Å². The zero-order valence-electron chi connectivity index (χ0n) is 15.1. The normalized spacial score (nSPS) is 13.4. The first-order valence-electron chi connectivity index (χ1n) is 8.49.